The minimum Gasteiger partial charge on any atom is -0.396 e. The van der Waals surface area contributed by atoms with Gasteiger partial charge in [-0.2, -0.15) is 0 Å². The first-order valence-corrected chi connectivity index (χ1v) is 5.70. The highest BCUT2D eigenvalue weighted by Gasteiger charge is 2.05. The van der Waals surface area contributed by atoms with Crippen molar-refractivity contribution in [3.63, 3.8) is 0 Å². The molecule has 0 radical (unpaired) electrons. The third-order valence-corrected chi connectivity index (χ3v) is 2.80. The van der Waals surface area contributed by atoms with E-state index in [1.165, 1.54) is 0 Å². The fourth-order valence-electron chi connectivity index (χ4n) is 1.32. The Labute approximate surface area is 98.6 Å². The molecule has 0 fully saturated rings. The number of benzene rings is 1. The summed E-state index contributed by atoms with van der Waals surface area (Å²) in [6, 6.07) is 5.98. The van der Waals surface area contributed by atoms with E-state index in [1.807, 2.05) is 18.2 Å². The summed E-state index contributed by atoms with van der Waals surface area (Å²) >= 11 is 3.49. The number of hydrogen-bond donors (Lipinski definition) is 2. The lowest BCUT2D eigenvalue weighted by molar-refractivity contribution is 0.185. The summed E-state index contributed by atoms with van der Waals surface area (Å²) in [6.07, 6.45) is 0.749. The molecule has 0 aliphatic rings. The summed E-state index contributed by atoms with van der Waals surface area (Å²) in [6.45, 7) is 1.55. The molecular weight excluding hydrogens is 258 g/mol. The van der Waals surface area contributed by atoms with Gasteiger partial charge in [-0.05, 0) is 18.6 Å². The van der Waals surface area contributed by atoms with Crippen LogP contribution in [0.4, 0.5) is 5.69 Å². The van der Waals surface area contributed by atoms with Crippen molar-refractivity contribution < 1.29 is 9.84 Å². The fraction of sp³-hybridized carbons (Fsp3) is 0.455. The van der Waals surface area contributed by atoms with Gasteiger partial charge in [0.15, 0.2) is 0 Å². The standard InChI is InChI=1S/C11H16BrNO2/c1-15-8-9-10(12)4-2-5-11(9)13-6-3-7-14/h2,4-5,13-14H,3,6-8H2,1H3. The zero-order valence-corrected chi connectivity index (χ0v) is 10.4. The molecule has 1 aromatic carbocycles. The molecule has 15 heavy (non-hydrogen) atoms. The van der Waals surface area contributed by atoms with Crippen LogP contribution in [0.2, 0.25) is 0 Å². The SMILES string of the molecule is COCc1c(Br)cccc1NCCCO. The maximum absolute atomic E-state index is 8.70. The van der Waals surface area contributed by atoms with Crippen molar-refractivity contribution in [1.82, 2.24) is 0 Å². The first kappa shape index (κ1) is 12.5. The molecule has 0 saturated carbocycles. The number of nitrogens with one attached hydrogen (secondary N) is 1. The lowest BCUT2D eigenvalue weighted by Gasteiger charge is -2.12. The number of anilines is 1. The molecule has 0 aliphatic heterocycles. The van der Waals surface area contributed by atoms with Crippen molar-refractivity contribution in [2.24, 2.45) is 0 Å². The number of aliphatic hydroxyl groups is 1. The second-order valence-electron chi connectivity index (χ2n) is 3.20. The van der Waals surface area contributed by atoms with Gasteiger partial charge in [-0.25, -0.2) is 0 Å². The topological polar surface area (TPSA) is 41.5 Å². The molecule has 0 amide bonds. The van der Waals surface area contributed by atoms with Crippen molar-refractivity contribution in [1.29, 1.82) is 0 Å². The third kappa shape index (κ3) is 3.81. The van der Waals surface area contributed by atoms with Crippen LogP contribution in [0.25, 0.3) is 0 Å². The average Bonchev–Trinajstić information content (AvgIpc) is 2.23. The number of halogens is 1. The number of ether oxygens (including phenoxy) is 1. The normalized spacial score (nSPS) is 10.3. The summed E-state index contributed by atoms with van der Waals surface area (Å²) in [5.41, 5.74) is 2.16. The molecule has 0 atom stereocenters. The molecule has 0 spiro atoms. The highest BCUT2D eigenvalue weighted by Crippen LogP contribution is 2.25. The highest BCUT2D eigenvalue weighted by atomic mass is 79.9. The zero-order chi connectivity index (χ0) is 11.1. The quantitative estimate of drug-likeness (QED) is 0.783. The van der Waals surface area contributed by atoms with E-state index >= 15 is 0 Å². The Morgan fingerprint density at radius 3 is 2.93 bits per heavy atom. The van der Waals surface area contributed by atoms with E-state index < -0.39 is 0 Å². The van der Waals surface area contributed by atoms with Gasteiger partial charge in [-0.1, -0.05) is 22.0 Å². The number of methoxy groups -OCH3 is 1. The molecule has 0 bridgehead atoms. The Morgan fingerprint density at radius 1 is 1.47 bits per heavy atom. The van der Waals surface area contributed by atoms with E-state index in [1.54, 1.807) is 7.11 Å². The molecule has 0 saturated heterocycles. The van der Waals surface area contributed by atoms with E-state index in [9.17, 15) is 0 Å². The summed E-state index contributed by atoms with van der Waals surface area (Å²) in [5.74, 6) is 0. The van der Waals surface area contributed by atoms with Crippen LogP contribution in [-0.4, -0.2) is 25.4 Å². The predicted octanol–water partition coefficient (Wildman–Crippen LogP) is 2.39. The van der Waals surface area contributed by atoms with E-state index in [-0.39, 0.29) is 6.61 Å². The molecule has 0 aromatic heterocycles. The number of aliphatic hydroxyl groups excluding tert-OH is 1. The van der Waals surface area contributed by atoms with Crippen molar-refractivity contribution in [3.05, 3.63) is 28.2 Å². The molecule has 0 unspecified atom stereocenters. The van der Waals surface area contributed by atoms with E-state index in [4.69, 9.17) is 9.84 Å². The van der Waals surface area contributed by atoms with Gasteiger partial charge < -0.3 is 15.2 Å². The number of hydrogen-bond acceptors (Lipinski definition) is 3. The van der Waals surface area contributed by atoms with E-state index in [0.29, 0.717) is 6.61 Å². The van der Waals surface area contributed by atoms with Crippen molar-refractivity contribution >= 4 is 21.6 Å². The first-order chi connectivity index (χ1) is 7.29. The van der Waals surface area contributed by atoms with Gasteiger partial charge in [0.2, 0.25) is 0 Å². The third-order valence-electron chi connectivity index (χ3n) is 2.06. The molecule has 1 rings (SSSR count). The Hall–Kier alpha value is -0.580. The van der Waals surface area contributed by atoms with Gasteiger partial charge in [0.05, 0.1) is 6.61 Å². The molecular formula is C11H16BrNO2. The second-order valence-corrected chi connectivity index (χ2v) is 4.06. The van der Waals surface area contributed by atoms with Crippen LogP contribution in [0, 0.1) is 0 Å². The van der Waals surface area contributed by atoms with Crippen LogP contribution in [0.5, 0.6) is 0 Å². The molecule has 2 N–H and O–H groups in total. The Bertz CT molecular complexity index is 305. The average molecular weight is 274 g/mol. The lowest BCUT2D eigenvalue weighted by Crippen LogP contribution is -2.06. The largest absolute Gasteiger partial charge is 0.396 e. The molecule has 1 aromatic rings. The monoisotopic (exact) mass is 273 g/mol. The van der Waals surface area contributed by atoms with Gasteiger partial charge >= 0.3 is 0 Å². The van der Waals surface area contributed by atoms with Crippen LogP contribution in [-0.2, 0) is 11.3 Å². The van der Waals surface area contributed by atoms with Crippen molar-refractivity contribution in [3.8, 4) is 0 Å². The first-order valence-electron chi connectivity index (χ1n) is 4.90. The van der Waals surface area contributed by atoms with Crippen LogP contribution in [0.15, 0.2) is 22.7 Å². The minimum atomic E-state index is 0.209. The lowest BCUT2D eigenvalue weighted by atomic mass is 10.2. The number of rotatable bonds is 6. The van der Waals surface area contributed by atoms with Crippen LogP contribution < -0.4 is 5.32 Å². The van der Waals surface area contributed by atoms with Crippen molar-refractivity contribution in [2.45, 2.75) is 13.0 Å². The molecule has 84 valence electrons. The highest BCUT2D eigenvalue weighted by molar-refractivity contribution is 9.10. The Morgan fingerprint density at radius 2 is 2.27 bits per heavy atom. The van der Waals surface area contributed by atoms with E-state index in [0.717, 1.165) is 28.7 Å². The predicted molar refractivity (Wildman–Crippen MR) is 65.0 cm³/mol. The van der Waals surface area contributed by atoms with Crippen LogP contribution in [0.3, 0.4) is 0 Å². The molecule has 3 nitrogen and oxygen atoms in total. The van der Waals surface area contributed by atoms with Crippen molar-refractivity contribution in [2.75, 3.05) is 25.6 Å². The van der Waals surface area contributed by atoms with Gasteiger partial charge in [0.25, 0.3) is 0 Å². The van der Waals surface area contributed by atoms with Crippen LogP contribution >= 0.6 is 15.9 Å². The minimum absolute atomic E-state index is 0.209. The maximum Gasteiger partial charge on any atom is 0.0744 e. The fourth-order valence-corrected chi connectivity index (χ4v) is 1.80. The van der Waals surface area contributed by atoms with Crippen LogP contribution in [0.1, 0.15) is 12.0 Å². The van der Waals surface area contributed by atoms with Gasteiger partial charge in [-0.15, -0.1) is 0 Å². The Kier molecular flexibility index (Phi) is 5.68. The molecule has 0 aliphatic carbocycles. The summed E-state index contributed by atoms with van der Waals surface area (Å²) in [5, 5.41) is 12.0. The van der Waals surface area contributed by atoms with Gasteiger partial charge in [0, 0.05) is 36.0 Å². The van der Waals surface area contributed by atoms with Gasteiger partial charge in [-0.3, -0.25) is 0 Å². The zero-order valence-electron chi connectivity index (χ0n) is 8.79. The second kappa shape index (κ2) is 6.82. The maximum atomic E-state index is 8.70. The molecule has 4 heteroatoms. The summed E-state index contributed by atoms with van der Waals surface area (Å²) in [7, 11) is 1.68. The smallest absolute Gasteiger partial charge is 0.0744 e. The van der Waals surface area contributed by atoms with Gasteiger partial charge in [0.1, 0.15) is 0 Å². The molecule has 0 heterocycles. The summed E-state index contributed by atoms with van der Waals surface area (Å²) < 4.78 is 6.18. The Balaban J connectivity index is 2.71. The van der Waals surface area contributed by atoms with E-state index in [2.05, 4.69) is 21.2 Å². The summed E-state index contributed by atoms with van der Waals surface area (Å²) in [4.78, 5) is 0.